The third-order valence-corrected chi connectivity index (χ3v) is 8.79. The number of amides is 1. The molecule has 0 saturated carbocycles. The van der Waals surface area contributed by atoms with Crippen LogP contribution in [0, 0.1) is 0 Å². The van der Waals surface area contributed by atoms with Gasteiger partial charge in [0.15, 0.2) is 11.5 Å². The highest BCUT2D eigenvalue weighted by Gasteiger charge is 2.22. The van der Waals surface area contributed by atoms with E-state index in [1.807, 2.05) is 47.4 Å². The number of aromatic amines is 1. The van der Waals surface area contributed by atoms with Gasteiger partial charge in [-0.25, -0.2) is 4.79 Å². The number of carbonyl (C=O) groups is 2. The number of nitrogens with two attached hydrogens (primary N) is 1. The van der Waals surface area contributed by atoms with E-state index in [-0.39, 0.29) is 35.8 Å². The number of aromatic nitrogens is 4. The van der Waals surface area contributed by atoms with Gasteiger partial charge in [0.05, 0.1) is 26.7 Å². The number of unbranched alkanes of at least 4 members (excludes halogenated alkanes) is 1. The molecule has 0 atom stereocenters. The zero-order chi connectivity index (χ0) is 35.3. The van der Waals surface area contributed by atoms with Crippen molar-refractivity contribution in [3.8, 4) is 6.01 Å². The van der Waals surface area contributed by atoms with Crippen molar-refractivity contribution in [2.45, 2.75) is 45.7 Å². The van der Waals surface area contributed by atoms with Crippen molar-refractivity contribution in [3.63, 3.8) is 0 Å². The van der Waals surface area contributed by atoms with Crippen LogP contribution in [0.25, 0.3) is 17.2 Å². The molecule has 1 fully saturated rings. The molecule has 4 aromatic rings. The van der Waals surface area contributed by atoms with E-state index < -0.39 is 0 Å². The fraction of sp³-hybridized carbons (Fsp3) is 0.432. The minimum absolute atomic E-state index is 0.0190. The number of aryl methyl sites for hydroxylation is 1. The molecule has 1 aliphatic rings. The van der Waals surface area contributed by atoms with Crippen LogP contribution in [-0.4, -0.2) is 106 Å². The average molecular weight is 685 g/mol. The van der Waals surface area contributed by atoms with Crippen LogP contribution in [0.15, 0.2) is 65.5 Å². The second-order valence-electron chi connectivity index (χ2n) is 12.5. The minimum Gasteiger partial charge on any atom is -0.469 e. The first-order chi connectivity index (χ1) is 24.3. The molecule has 2 aromatic carbocycles. The molecule has 2 aromatic heterocycles. The Kier molecular flexibility index (Phi) is 13.1. The third-order valence-electron chi connectivity index (χ3n) is 8.79. The summed E-state index contributed by atoms with van der Waals surface area (Å²) in [6.45, 7) is 8.20. The highest BCUT2D eigenvalue weighted by Crippen LogP contribution is 2.19. The lowest BCUT2D eigenvalue weighted by molar-refractivity contribution is -0.139. The first-order valence-corrected chi connectivity index (χ1v) is 17.3. The van der Waals surface area contributed by atoms with Crippen molar-refractivity contribution < 1.29 is 19.1 Å². The zero-order valence-electron chi connectivity index (χ0n) is 29.1. The molecule has 1 saturated heterocycles. The van der Waals surface area contributed by atoms with Crippen LogP contribution in [0.2, 0.25) is 0 Å². The summed E-state index contributed by atoms with van der Waals surface area (Å²) in [7, 11) is 1.37. The number of ether oxygens (including phenoxy) is 2. The predicted molar refractivity (Wildman–Crippen MR) is 194 cm³/mol. The molecule has 3 N–H and O–H groups in total. The highest BCUT2D eigenvalue weighted by molar-refractivity contribution is 5.82. The van der Waals surface area contributed by atoms with E-state index >= 15 is 0 Å². The molecule has 1 amide bonds. The molecule has 5 rings (SSSR count). The van der Waals surface area contributed by atoms with Crippen molar-refractivity contribution in [3.05, 3.63) is 87.8 Å². The monoisotopic (exact) mass is 684 g/mol. The van der Waals surface area contributed by atoms with Crippen LogP contribution in [0.1, 0.15) is 42.9 Å². The van der Waals surface area contributed by atoms with Crippen LogP contribution in [-0.2, 0) is 33.8 Å². The number of fused-ring (bicyclic) bond motifs is 1. The van der Waals surface area contributed by atoms with E-state index in [0.717, 1.165) is 56.7 Å². The van der Waals surface area contributed by atoms with E-state index in [0.29, 0.717) is 50.4 Å². The first kappa shape index (κ1) is 36.3. The van der Waals surface area contributed by atoms with Gasteiger partial charge in [-0.3, -0.25) is 24.0 Å². The number of nitrogens with one attached hydrogen (secondary N) is 1. The van der Waals surface area contributed by atoms with E-state index in [9.17, 15) is 14.4 Å². The summed E-state index contributed by atoms with van der Waals surface area (Å²) >= 11 is 0. The number of anilines is 1. The summed E-state index contributed by atoms with van der Waals surface area (Å²) in [4.78, 5) is 56.4. The van der Waals surface area contributed by atoms with Gasteiger partial charge in [-0.05, 0) is 29.5 Å². The Bertz CT molecular complexity index is 1780. The van der Waals surface area contributed by atoms with E-state index in [1.165, 1.54) is 17.2 Å². The first-order valence-electron chi connectivity index (χ1n) is 17.3. The van der Waals surface area contributed by atoms with E-state index in [4.69, 9.17) is 15.2 Å². The number of hydrogen-bond acceptors (Lipinski definition) is 10. The van der Waals surface area contributed by atoms with Gasteiger partial charge in [-0.15, -0.1) is 0 Å². The molecule has 13 heteroatoms. The molecule has 0 bridgehead atoms. The molecular weight excluding hydrogens is 636 g/mol. The topological polar surface area (TPSA) is 152 Å². The fourth-order valence-electron chi connectivity index (χ4n) is 5.87. The largest absolute Gasteiger partial charge is 0.469 e. The molecule has 266 valence electrons. The van der Waals surface area contributed by atoms with E-state index in [2.05, 4.69) is 56.0 Å². The number of imidazole rings is 1. The lowest BCUT2D eigenvalue weighted by Gasteiger charge is -2.35. The maximum atomic E-state index is 13.8. The van der Waals surface area contributed by atoms with Crippen molar-refractivity contribution in [1.29, 1.82) is 0 Å². The summed E-state index contributed by atoms with van der Waals surface area (Å²) in [5.41, 5.74) is 9.50. The number of rotatable bonds is 17. The van der Waals surface area contributed by atoms with Crippen LogP contribution in [0.5, 0.6) is 6.01 Å². The quantitative estimate of drug-likeness (QED) is 0.125. The molecule has 13 nitrogen and oxygen atoms in total. The lowest BCUT2D eigenvalue weighted by Crippen LogP contribution is -2.50. The Morgan fingerprint density at radius 1 is 0.980 bits per heavy atom. The smallest absolute Gasteiger partial charge is 0.327 e. The average Bonchev–Trinajstić information content (AvgIpc) is 3.44. The van der Waals surface area contributed by atoms with Gasteiger partial charge in [-0.2, -0.15) is 9.97 Å². The minimum atomic E-state index is -0.345. The van der Waals surface area contributed by atoms with Gasteiger partial charge in [0.1, 0.15) is 5.52 Å². The third kappa shape index (κ3) is 10.3. The second kappa shape index (κ2) is 18.1. The normalized spacial score (nSPS) is 14.0. The van der Waals surface area contributed by atoms with Crippen LogP contribution in [0.4, 0.5) is 5.82 Å². The maximum absolute atomic E-state index is 13.8. The maximum Gasteiger partial charge on any atom is 0.327 e. The molecule has 3 heterocycles. The number of methoxy groups -OCH3 is 1. The Balaban J connectivity index is 1.22. The highest BCUT2D eigenvalue weighted by atomic mass is 16.5. The van der Waals surface area contributed by atoms with Crippen LogP contribution < -0.4 is 16.2 Å². The summed E-state index contributed by atoms with van der Waals surface area (Å²) in [5.74, 6) is -0.135. The van der Waals surface area contributed by atoms with E-state index in [1.54, 1.807) is 0 Å². The van der Waals surface area contributed by atoms with Crippen molar-refractivity contribution in [2.24, 2.45) is 0 Å². The number of H-pyrrole nitrogens is 1. The Morgan fingerprint density at radius 2 is 1.70 bits per heavy atom. The molecule has 1 aliphatic heterocycles. The summed E-state index contributed by atoms with van der Waals surface area (Å²) in [6.07, 6.45) is 6.84. The van der Waals surface area contributed by atoms with Crippen molar-refractivity contribution in [2.75, 3.05) is 65.3 Å². The van der Waals surface area contributed by atoms with Crippen molar-refractivity contribution >= 4 is 34.9 Å². The van der Waals surface area contributed by atoms with Gasteiger partial charge >= 0.3 is 17.7 Å². The van der Waals surface area contributed by atoms with Gasteiger partial charge in [0.25, 0.3) is 0 Å². The molecule has 0 unspecified atom stereocenters. The standard InChI is InChI=1S/C37H48N8O5/c1-3-4-24-50-36-40-34(38)33-35(41-36)45(37(48)39-33)19-9-18-44(26-30-15-13-29(14-16-30)25-32(47)49-2)31(46)27-43-22-20-42(21-23-43)17-8-12-28-10-6-5-7-11-28/h5-8,10-16H,3-4,9,17-27H2,1-2H3,(H,39,48)(H2,38,40,41)/b12-8+. The number of nitrogens with zero attached hydrogens (tertiary/aromatic N) is 6. The summed E-state index contributed by atoms with van der Waals surface area (Å²) < 4.78 is 12.0. The van der Waals surface area contributed by atoms with Crippen LogP contribution >= 0.6 is 0 Å². The number of nitrogen functional groups attached to an aromatic ring is 1. The van der Waals surface area contributed by atoms with Crippen molar-refractivity contribution in [1.82, 2.24) is 34.2 Å². The zero-order valence-corrected chi connectivity index (χ0v) is 29.1. The molecule has 0 aliphatic carbocycles. The number of benzene rings is 2. The fourth-order valence-corrected chi connectivity index (χ4v) is 5.87. The number of esters is 1. The van der Waals surface area contributed by atoms with Gasteiger partial charge in [-0.1, -0.05) is 80.1 Å². The number of piperazine rings is 1. The Hall–Kier alpha value is -5.01. The van der Waals surface area contributed by atoms with Gasteiger partial charge < -0.3 is 25.1 Å². The predicted octanol–water partition coefficient (Wildman–Crippen LogP) is 3.35. The Morgan fingerprint density at radius 3 is 2.42 bits per heavy atom. The van der Waals surface area contributed by atoms with Gasteiger partial charge in [0.2, 0.25) is 5.91 Å². The molecule has 0 spiro atoms. The molecular formula is C37H48N8O5. The second-order valence-corrected chi connectivity index (χ2v) is 12.5. The molecule has 0 radical (unpaired) electrons. The summed E-state index contributed by atoms with van der Waals surface area (Å²) in [6, 6.07) is 18.0. The Labute approximate surface area is 292 Å². The number of hydrogen-bond donors (Lipinski definition) is 2. The number of carbonyl (C=O) groups excluding carboxylic acids is 2. The lowest BCUT2D eigenvalue weighted by atomic mass is 10.1. The molecule has 50 heavy (non-hydrogen) atoms. The van der Waals surface area contributed by atoms with Gasteiger partial charge in [0, 0.05) is 52.4 Å². The SMILES string of the molecule is CCCCOc1nc(N)c2[nH]c(=O)n(CCCN(Cc3ccc(CC(=O)OC)cc3)C(=O)CN3CCN(C/C=C/c4ccccc4)CC3)c2n1. The summed E-state index contributed by atoms with van der Waals surface area (Å²) in [5, 5.41) is 0. The van der Waals surface area contributed by atoms with Crippen LogP contribution in [0.3, 0.4) is 0 Å².